The van der Waals surface area contributed by atoms with E-state index in [1.54, 1.807) is 46.6 Å². The van der Waals surface area contributed by atoms with Crippen LogP contribution in [0.25, 0.3) is 10.6 Å². The summed E-state index contributed by atoms with van der Waals surface area (Å²) in [5.41, 5.74) is 1.58. The van der Waals surface area contributed by atoms with Crippen LogP contribution in [0, 0.1) is 12.8 Å². The molecule has 6 nitrogen and oxygen atoms in total. The van der Waals surface area contributed by atoms with Crippen LogP contribution in [0.2, 0.25) is 5.02 Å². The Morgan fingerprint density at radius 3 is 2.78 bits per heavy atom. The molecule has 1 fully saturated rings. The summed E-state index contributed by atoms with van der Waals surface area (Å²) >= 11 is 7.54. The number of aromatic nitrogens is 2. The normalized spacial score (nSPS) is 16.7. The lowest BCUT2D eigenvalue weighted by Crippen LogP contribution is -2.33. The third-order valence-corrected chi connectivity index (χ3v) is 5.78. The second-order valence-corrected chi connectivity index (χ2v) is 8.10. The van der Waals surface area contributed by atoms with Crippen molar-refractivity contribution in [3.05, 3.63) is 52.4 Å². The summed E-state index contributed by atoms with van der Waals surface area (Å²) in [6.45, 7) is 2.53. The number of amides is 2. The van der Waals surface area contributed by atoms with Crippen molar-refractivity contribution < 1.29 is 9.59 Å². The number of nitrogens with zero attached hydrogens (tertiary/aromatic N) is 2. The first-order valence-corrected chi connectivity index (χ1v) is 9.71. The lowest BCUT2D eigenvalue weighted by atomic mass is 10.1. The van der Waals surface area contributed by atoms with E-state index in [1.807, 2.05) is 19.1 Å². The summed E-state index contributed by atoms with van der Waals surface area (Å²) in [4.78, 5) is 29.1. The monoisotopic (exact) mass is 400 g/mol. The molecule has 0 aliphatic carbocycles. The van der Waals surface area contributed by atoms with E-state index in [4.69, 9.17) is 11.6 Å². The minimum atomic E-state index is -0.718. The van der Waals surface area contributed by atoms with Gasteiger partial charge < -0.3 is 10.2 Å². The molecule has 4 rings (SSSR count). The number of anilines is 2. The van der Waals surface area contributed by atoms with Crippen molar-refractivity contribution in [3.63, 3.8) is 0 Å². The standard InChI is InChI=1S/C19H17ClN4O2S/c1-11-2-7-16(27-11)15-10-17(23-22-15)21-18(25)14-8-9-24(19(14)26)13-5-3-12(20)4-6-13/h2-7,10,14H,8-9H2,1H3,(H2,21,22,23,25). The molecule has 0 bridgehead atoms. The van der Waals surface area contributed by atoms with Gasteiger partial charge >= 0.3 is 0 Å². The maximum atomic E-state index is 12.7. The molecule has 1 saturated heterocycles. The van der Waals surface area contributed by atoms with E-state index in [-0.39, 0.29) is 11.8 Å². The van der Waals surface area contributed by atoms with Gasteiger partial charge in [0, 0.05) is 28.2 Å². The Morgan fingerprint density at radius 1 is 1.30 bits per heavy atom. The molecule has 138 valence electrons. The number of nitrogens with one attached hydrogen (secondary N) is 2. The van der Waals surface area contributed by atoms with Crippen LogP contribution in [-0.4, -0.2) is 28.6 Å². The molecule has 3 aromatic rings. The van der Waals surface area contributed by atoms with Crippen molar-refractivity contribution >= 4 is 46.3 Å². The molecule has 1 aromatic carbocycles. The van der Waals surface area contributed by atoms with Crippen molar-refractivity contribution in [3.8, 4) is 10.6 Å². The first kappa shape index (κ1) is 17.8. The van der Waals surface area contributed by atoms with Gasteiger partial charge in [-0.25, -0.2) is 0 Å². The van der Waals surface area contributed by atoms with Crippen LogP contribution in [0.1, 0.15) is 11.3 Å². The quantitative estimate of drug-likeness (QED) is 0.647. The van der Waals surface area contributed by atoms with Crippen LogP contribution in [0.5, 0.6) is 0 Å². The number of hydrogen-bond acceptors (Lipinski definition) is 4. The average Bonchev–Trinajstić information content (AvgIpc) is 3.36. The van der Waals surface area contributed by atoms with E-state index in [0.29, 0.717) is 23.8 Å². The molecule has 8 heteroatoms. The van der Waals surface area contributed by atoms with Gasteiger partial charge in [0.15, 0.2) is 5.82 Å². The molecule has 0 spiro atoms. The Balaban J connectivity index is 1.44. The number of aromatic amines is 1. The zero-order chi connectivity index (χ0) is 19.0. The number of H-pyrrole nitrogens is 1. The first-order valence-electron chi connectivity index (χ1n) is 8.51. The van der Waals surface area contributed by atoms with E-state index in [2.05, 4.69) is 15.5 Å². The molecule has 0 saturated carbocycles. The summed E-state index contributed by atoms with van der Waals surface area (Å²) in [7, 11) is 0. The van der Waals surface area contributed by atoms with Gasteiger partial charge in [0.05, 0.1) is 10.6 Å². The van der Waals surface area contributed by atoms with Gasteiger partial charge in [-0.15, -0.1) is 11.3 Å². The SMILES string of the molecule is Cc1ccc(-c2cc(NC(=O)C3CCN(c4ccc(Cl)cc4)C3=O)n[nH]2)s1. The van der Waals surface area contributed by atoms with Crippen LogP contribution in [-0.2, 0) is 9.59 Å². The number of hydrogen-bond donors (Lipinski definition) is 2. The molecule has 2 aromatic heterocycles. The van der Waals surface area contributed by atoms with E-state index in [9.17, 15) is 9.59 Å². The Hall–Kier alpha value is -2.64. The lowest BCUT2D eigenvalue weighted by Gasteiger charge is -2.16. The fourth-order valence-electron chi connectivity index (χ4n) is 3.11. The molecule has 1 unspecified atom stereocenters. The molecule has 1 aliphatic rings. The molecule has 27 heavy (non-hydrogen) atoms. The molecular formula is C19H17ClN4O2S. The van der Waals surface area contributed by atoms with Gasteiger partial charge in [-0.1, -0.05) is 11.6 Å². The first-order chi connectivity index (χ1) is 13.0. The van der Waals surface area contributed by atoms with E-state index in [1.165, 1.54) is 4.88 Å². The number of halogens is 1. The Morgan fingerprint density at radius 2 is 2.07 bits per heavy atom. The maximum absolute atomic E-state index is 12.7. The minimum absolute atomic E-state index is 0.209. The number of aryl methyl sites for hydroxylation is 1. The number of carbonyl (C=O) groups is 2. The topological polar surface area (TPSA) is 78.1 Å². The largest absolute Gasteiger partial charge is 0.312 e. The fourth-order valence-corrected chi connectivity index (χ4v) is 4.06. The number of thiophene rings is 1. The molecular weight excluding hydrogens is 384 g/mol. The van der Waals surface area contributed by atoms with Crippen molar-refractivity contribution in [2.24, 2.45) is 5.92 Å². The van der Waals surface area contributed by atoms with E-state index in [0.717, 1.165) is 16.3 Å². The van der Waals surface area contributed by atoms with E-state index < -0.39 is 5.92 Å². The zero-order valence-electron chi connectivity index (χ0n) is 14.5. The van der Waals surface area contributed by atoms with Crippen LogP contribution < -0.4 is 10.2 Å². The van der Waals surface area contributed by atoms with Gasteiger partial charge in [0.1, 0.15) is 5.92 Å². The molecule has 2 amide bonds. The van der Waals surface area contributed by atoms with Crippen LogP contribution >= 0.6 is 22.9 Å². The summed E-state index contributed by atoms with van der Waals surface area (Å²) in [6.07, 6.45) is 0.467. The fraction of sp³-hybridized carbons (Fsp3) is 0.211. The second kappa shape index (κ2) is 7.17. The summed E-state index contributed by atoms with van der Waals surface area (Å²) in [5.74, 6) is -0.847. The highest BCUT2D eigenvalue weighted by molar-refractivity contribution is 7.15. The van der Waals surface area contributed by atoms with Crippen molar-refractivity contribution in [1.29, 1.82) is 0 Å². The van der Waals surface area contributed by atoms with Crippen LogP contribution in [0.15, 0.2) is 42.5 Å². The summed E-state index contributed by atoms with van der Waals surface area (Å²) in [6, 6.07) is 12.8. The van der Waals surface area contributed by atoms with Crippen molar-refractivity contribution in [2.75, 3.05) is 16.8 Å². The maximum Gasteiger partial charge on any atom is 0.239 e. The van der Waals surface area contributed by atoms with Gasteiger partial charge in [-0.2, -0.15) is 5.10 Å². The summed E-state index contributed by atoms with van der Waals surface area (Å²) in [5, 5.41) is 10.4. The smallest absolute Gasteiger partial charge is 0.239 e. The van der Waals surface area contributed by atoms with E-state index >= 15 is 0 Å². The van der Waals surface area contributed by atoms with Crippen molar-refractivity contribution in [1.82, 2.24) is 10.2 Å². The van der Waals surface area contributed by atoms with Gasteiger partial charge in [0.2, 0.25) is 11.8 Å². The second-order valence-electron chi connectivity index (χ2n) is 6.37. The number of benzene rings is 1. The average molecular weight is 401 g/mol. The highest BCUT2D eigenvalue weighted by Gasteiger charge is 2.37. The van der Waals surface area contributed by atoms with Gasteiger partial charge in [-0.3, -0.25) is 14.7 Å². The minimum Gasteiger partial charge on any atom is -0.312 e. The third-order valence-electron chi connectivity index (χ3n) is 4.50. The Bertz CT molecular complexity index is 995. The molecule has 3 heterocycles. The third kappa shape index (κ3) is 3.61. The van der Waals surface area contributed by atoms with Crippen molar-refractivity contribution in [2.45, 2.75) is 13.3 Å². The molecule has 1 aliphatic heterocycles. The predicted octanol–water partition coefficient (Wildman–Crippen LogP) is 4.09. The van der Waals surface area contributed by atoms with Crippen LogP contribution in [0.3, 0.4) is 0 Å². The Labute approximate surface area is 165 Å². The molecule has 0 radical (unpaired) electrons. The highest BCUT2D eigenvalue weighted by Crippen LogP contribution is 2.29. The summed E-state index contributed by atoms with van der Waals surface area (Å²) < 4.78 is 0. The molecule has 1 atom stereocenters. The van der Waals surface area contributed by atoms with Gasteiger partial charge in [-0.05, 0) is 49.7 Å². The Kier molecular flexibility index (Phi) is 4.72. The lowest BCUT2D eigenvalue weighted by molar-refractivity contribution is -0.129. The highest BCUT2D eigenvalue weighted by atomic mass is 35.5. The number of rotatable bonds is 4. The predicted molar refractivity (Wildman–Crippen MR) is 107 cm³/mol. The van der Waals surface area contributed by atoms with Gasteiger partial charge in [0.25, 0.3) is 0 Å². The van der Waals surface area contributed by atoms with Crippen LogP contribution in [0.4, 0.5) is 11.5 Å². The molecule has 2 N–H and O–H groups in total. The number of carbonyl (C=O) groups excluding carboxylic acids is 2. The zero-order valence-corrected chi connectivity index (χ0v) is 16.1.